The van der Waals surface area contributed by atoms with Crippen molar-refractivity contribution in [1.29, 1.82) is 0 Å². The van der Waals surface area contributed by atoms with Gasteiger partial charge in [0.2, 0.25) is 5.75 Å². The lowest BCUT2D eigenvalue weighted by molar-refractivity contribution is -0.385. The molecule has 0 unspecified atom stereocenters. The van der Waals surface area contributed by atoms with E-state index < -0.39 is 10.8 Å². The topological polar surface area (TPSA) is 118 Å². The van der Waals surface area contributed by atoms with Crippen LogP contribution < -0.4 is 24.3 Å². The smallest absolute Gasteiger partial charge is 0.270 e. The number of nitrogens with zero attached hydrogens (tertiary/aromatic N) is 1. The Morgan fingerprint density at radius 3 is 2.41 bits per heavy atom. The second kappa shape index (κ2) is 8.65. The fraction of sp³-hybridized carbons (Fsp3) is 0.316. The first kappa shape index (κ1) is 20.2. The minimum Gasteiger partial charge on any atom is -0.493 e. The number of methoxy groups -OCH3 is 3. The number of nitro groups is 1. The van der Waals surface area contributed by atoms with E-state index in [1.807, 2.05) is 0 Å². The number of nitrogens with one attached hydrogen (secondary N) is 1. The number of hydrogen-bond acceptors (Lipinski definition) is 8. The van der Waals surface area contributed by atoms with Gasteiger partial charge in [-0.1, -0.05) is 0 Å². The molecular formula is C19H20N2O8. The third kappa shape index (κ3) is 4.16. The normalized spacial score (nSPS) is 12.4. The lowest BCUT2D eigenvalue weighted by atomic mass is 10.1. The molecule has 0 bridgehead atoms. The Hall–Kier alpha value is -3.53. The van der Waals surface area contributed by atoms with Crippen molar-refractivity contribution >= 4 is 11.6 Å². The summed E-state index contributed by atoms with van der Waals surface area (Å²) < 4.78 is 26.4. The van der Waals surface area contributed by atoms with Gasteiger partial charge in [-0.2, -0.15) is 0 Å². The predicted molar refractivity (Wildman–Crippen MR) is 101 cm³/mol. The van der Waals surface area contributed by atoms with Gasteiger partial charge in [0.15, 0.2) is 18.3 Å². The van der Waals surface area contributed by atoms with Gasteiger partial charge < -0.3 is 29.0 Å². The Bertz CT molecular complexity index is 919. The van der Waals surface area contributed by atoms with Gasteiger partial charge in [-0.25, -0.2) is 0 Å². The van der Waals surface area contributed by atoms with Crippen LogP contribution in [0, 0.1) is 10.1 Å². The summed E-state index contributed by atoms with van der Waals surface area (Å²) in [7, 11) is 4.37. The molecule has 2 aromatic carbocycles. The molecule has 1 aliphatic rings. The summed E-state index contributed by atoms with van der Waals surface area (Å²) in [6, 6.07) is 5.81. The van der Waals surface area contributed by atoms with Crippen molar-refractivity contribution in [2.45, 2.75) is 13.2 Å². The molecule has 29 heavy (non-hydrogen) atoms. The van der Waals surface area contributed by atoms with E-state index in [0.717, 1.165) is 0 Å². The lowest BCUT2D eigenvalue weighted by Gasteiger charge is -2.20. The second-order valence-corrected chi connectivity index (χ2v) is 6.06. The zero-order valence-corrected chi connectivity index (χ0v) is 16.1. The molecule has 154 valence electrons. The van der Waals surface area contributed by atoms with Crippen molar-refractivity contribution in [3.05, 3.63) is 51.1 Å². The number of non-ortho nitro benzene ring substituents is 1. The summed E-state index contributed by atoms with van der Waals surface area (Å²) >= 11 is 0. The van der Waals surface area contributed by atoms with Gasteiger partial charge >= 0.3 is 0 Å². The Morgan fingerprint density at radius 2 is 1.83 bits per heavy atom. The van der Waals surface area contributed by atoms with Crippen molar-refractivity contribution in [2.24, 2.45) is 0 Å². The fourth-order valence-electron chi connectivity index (χ4n) is 3.01. The van der Waals surface area contributed by atoms with E-state index in [1.54, 1.807) is 0 Å². The third-order valence-electron chi connectivity index (χ3n) is 4.35. The number of carbonyl (C=O) groups is 1. The van der Waals surface area contributed by atoms with Crippen LogP contribution in [0.15, 0.2) is 24.3 Å². The molecule has 1 amide bonds. The van der Waals surface area contributed by atoms with Crippen LogP contribution >= 0.6 is 0 Å². The molecule has 0 aliphatic carbocycles. The maximum absolute atomic E-state index is 12.7. The van der Waals surface area contributed by atoms with E-state index in [-0.39, 0.29) is 31.2 Å². The van der Waals surface area contributed by atoms with Crippen LogP contribution in [0.3, 0.4) is 0 Å². The Labute approximate surface area is 166 Å². The molecule has 10 heteroatoms. The maximum atomic E-state index is 12.7. The monoisotopic (exact) mass is 404 g/mol. The van der Waals surface area contributed by atoms with Gasteiger partial charge in [0.05, 0.1) is 32.9 Å². The summed E-state index contributed by atoms with van der Waals surface area (Å²) in [6.45, 7) is 0.267. The predicted octanol–water partition coefficient (Wildman–Crippen LogP) is 2.42. The van der Waals surface area contributed by atoms with Crippen LogP contribution in [0.25, 0.3) is 0 Å². The van der Waals surface area contributed by atoms with Crippen LogP contribution in [0.2, 0.25) is 0 Å². The number of rotatable bonds is 7. The SMILES string of the molecule is COc1cc(C(=O)NCc2cc([N+](=O)[O-])cc3c2OCOC3)cc(OC)c1OC. The molecule has 10 nitrogen and oxygen atoms in total. The number of carbonyl (C=O) groups excluding carboxylic acids is 1. The first-order valence-corrected chi connectivity index (χ1v) is 8.57. The van der Waals surface area contributed by atoms with Gasteiger partial charge in [-0.05, 0) is 12.1 Å². The highest BCUT2D eigenvalue weighted by molar-refractivity contribution is 5.95. The maximum Gasteiger partial charge on any atom is 0.270 e. The third-order valence-corrected chi connectivity index (χ3v) is 4.35. The average molecular weight is 404 g/mol. The summed E-state index contributed by atoms with van der Waals surface area (Å²) in [6.07, 6.45) is 0. The van der Waals surface area contributed by atoms with Crippen LogP contribution in [-0.4, -0.2) is 39.0 Å². The summed E-state index contributed by atoms with van der Waals surface area (Å²) in [5.74, 6) is 1.10. The van der Waals surface area contributed by atoms with Crippen molar-refractivity contribution in [1.82, 2.24) is 5.32 Å². The van der Waals surface area contributed by atoms with E-state index in [9.17, 15) is 14.9 Å². The fourth-order valence-corrected chi connectivity index (χ4v) is 3.01. The lowest BCUT2D eigenvalue weighted by Crippen LogP contribution is -2.24. The molecule has 0 aromatic heterocycles. The van der Waals surface area contributed by atoms with Crippen LogP contribution in [0.5, 0.6) is 23.0 Å². The number of nitro benzene ring substituents is 1. The van der Waals surface area contributed by atoms with E-state index in [1.165, 1.54) is 45.6 Å². The minimum absolute atomic E-state index is 0.0273. The minimum atomic E-state index is -0.501. The molecule has 1 heterocycles. The first-order chi connectivity index (χ1) is 14.0. The zero-order valence-electron chi connectivity index (χ0n) is 16.1. The summed E-state index contributed by atoms with van der Waals surface area (Å²) in [5, 5.41) is 13.9. The van der Waals surface area contributed by atoms with Crippen LogP contribution in [-0.2, 0) is 17.9 Å². The molecule has 1 N–H and O–H groups in total. The van der Waals surface area contributed by atoms with Crippen LogP contribution in [0.1, 0.15) is 21.5 Å². The molecular weight excluding hydrogens is 384 g/mol. The first-order valence-electron chi connectivity index (χ1n) is 8.57. The highest BCUT2D eigenvalue weighted by Gasteiger charge is 2.22. The number of amides is 1. The van der Waals surface area contributed by atoms with E-state index in [2.05, 4.69) is 5.32 Å². The molecule has 0 saturated heterocycles. The Balaban J connectivity index is 1.86. The van der Waals surface area contributed by atoms with Crippen molar-refractivity contribution in [2.75, 3.05) is 28.1 Å². The van der Waals surface area contributed by atoms with Gasteiger partial charge in [0.1, 0.15) is 5.75 Å². The molecule has 0 radical (unpaired) electrons. The van der Waals surface area contributed by atoms with Gasteiger partial charge in [0, 0.05) is 35.4 Å². The molecule has 0 spiro atoms. The molecule has 2 aromatic rings. The van der Waals surface area contributed by atoms with E-state index in [4.69, 9.17) is 23.7 Å². The Kier molecular flexibility index (Phi) is 6.03. The molecule has 3 rings (SSSR count). The van der Waals surface area contributed by atoms with E-state index >= 15 is 0 Å². The second-order valence-electron chi connectivity index (χ2n) is 6.06. The van der Waals surface area contributed by atoms with Crippen LogP contribution in [0.4, 0.5) is 5.69 Å². The van der Waals surface area contributed by atoms with Gasteiger partial charge in [-0.3, -0.25) is 14.9 Å². The van der Waals surface area contributed by atoms with Gasteiger partial charge in [-0.15, -0.1) is 0 Å². The number of hydrogen-bond donors (Lipinski definition) is 1. The zero-order chi connectivity index (χ0) is 21.0. The number of benzene rings is 2. The van der Waals surface area contributed by atoms with Crippen molar-refractivity contribution < 1.29 is 33.4 Å². The quantitative estimate of drug-likeness (QED) is 0.552. The van der Waals surface area contributed by atoms with E-state index in [0.29, 0.717) is 34.1 Å². The number of fused-ring (bicyclic) bond motifs is 1. The molecule has 0 atom stereocenters. The molecule has 0 saturated carbocycles. The van der Waals surface area contributed by atoms with Crippen molar-refractivity contribution in [3.8, 4) is 23.0 Å². The standard InChI is InChI=1S/C19H20N2O8/c1-25-15-6-11(7-16(26-2)18(15)27-3)19(22)20-8-12-4-14(21(23)24)5-13-9-28-10-29-17(12)13/h4-7H,8-10H2,1-3H3,(H,20,22). The highest BCUT2D eigenvalue weighted by atomic mass is 16.7. The molecule has 1 aliphatic heterocycles. The Morgan fingerprint density at radius 1 is 1.14 bits per heavy atom. The highest BCUT2D eigenvalue weighted by Crippen LogP contribution is 2.38. The van der Waals surface area contributed by atoms with Gasteiger partial charge in [0.25, 0.3) is 11.6 Å². The van der Waals surface area contributed by atoms with Crippen molar-refractivity contribution in [3.63, 3.8) is 0 Å². The molecule has 0 fully saturated rings. The average Bonchev–Trinajstić information content (AvgIpc) is 2.75. The summed E-state index contributed by atoms with van der Waals surface area (Å²) in [5.41, 5.74) is 1.22. The summed E-state index contributed by atoms with van der Waals surface area (Å²) in [4.78, 5) is 23.4. The number of ether oxygens (including phenoxy) is 5. The largest absolute Gasteiger partial charge is 0.493 e.